The number of halogens is 3. The molecule has 2 aromatic carbocycles. The Bertz CT molecular complexity index is 1270. The number of carbonyl (C=O) groups is 1. The van der Waals surface area contributed by atoms with Crippen molar-refractivity contribution in [1.29, 1.82) is 5.26 Å². The molecule has 0 bridgehead atoms. The zero-order valence-corrected chi connectivity index (χ0v) is 18.0. The van der Waals surface area contributed by atoms with Gasteiger partial charge >= 0.3 is 12.1 Å². The van der Waals surface area contributed by atoms with E-state index in [2.05, 4.69) is 15.3 Å². The third-order valence-electron chi connectivity index (χ3n) is 5.12. The number of benzene rings is 2. The molecule has 0 aliphatic heterocycles. The van der Waals surface area contributed by atoms with Crippen LogP contribution in [0.1, 0.15) is 40.5 Å². The summed E-state index contributed by atoms with van der Waals surface area (Å²) >= 11 is 0. The number of rotatable bonds is 7. The molecule has 1 heterocycles. The van der Waals surface area contributed by atoms with E-state index < -0.39 is 18.8 Å². The molecule has 0 unspecified atom stereocenters. The second-order valence-corrected chi connectivity index (χ2v) is 7.66. The molecule has 1 aromatic heterocycles. The Morgan fingerprint density at radius 1 is 1.24 bits per heavy atom. The number of methoxy groups -OCH3 is 1. The number of carbonyl (C=O) groups excluding carboxylic acids is 1. The molecular formula is C24H19F3N4O3. The Kier molecular flexibility index (Phi) is 6.36. The Morgan fingerprint density at radius 2 is 2.00 bits per heavy atom. The van der Waals surface area contributed by atoms with Crippen LogP contribution in [0.4, 0.5) is 24.7 Å². The van der Waals surface area contributed by atoms with E-state index in [0.29, 0.717) is 22.4 Å². The maximum absolute atomic E-state index is 13.0. The number of para-hydroxylation sites is 1. The summed E-state index contributed by atoms with van der Waals surface area (Å²) in [6.07, 6.45) is -1.16. The lowest BCUT2D eigenvalue weighted by atomic mass is 10.0. The summed E-state index contributed by atoms with van der Waals surface area (Å²) in [5.41, 5.74) is 1.87. The summed E-state index contributed by atoms with van der Waals surface area (Å²) in [5, 5.41) is 12.1. The molecule has 0 radical (unpaired) electrons. The van der Waals surface area contributed by atoms with Gasteiger partial charge in [-0.2, -0.15) is 18.4 Å². The van der Waals surface area contributed by atoms with Crippen molar-refractivity contribution in [3.8, 4) is 22.9 Å². The molecular weight excluding hydrogens is 449 g/mol. The van der Waals surface area contributed by atoms with E-state index in [4.69, 9.17) is 9.47 Å². The minimum atomic E-state index is -4.58. The van der Waals surface area contributed by atoms with Crippen LogP contribution in [0.2, 0.25) is 0 Å². The topological polar surface area (TPSA) is 97.1 Å². The number of ether oxygens (including phenoxy) is 2. The van der Waals surface area contributed by atoms with Crippen molar-refractivity contribution in [3.63, 3.8) is 0 Å². The number of nitrogens with one attached hydrogen (secondary N) is 1. The molecule has 1 aliphatic carbocycles. The molecule has 1 aliphatic rings. The van der Waals surface area contributed by atoms with Crippen LogP contribution in [0.25, 0.3) is 11.1 Å². The number of aromatic nitrogens is 2. The Labute approximate surface area is 193 Å². The van der Waals surface area contributed by atoms with Crippen LogP contribution in [0.3, 0.4) is 0 Å². The fraction of sp³-hybridized carbons (Fsp3) is 0.250. The quantitative estimate of drug-likeness (QED) is 0.466. The molecule has 174 valence electrons. The number of anilines is 2. The van der Waals surface area contributed by atoms with Crippen molar-refractivity contribution < 1.29 is 27.4 Å². The minimum absolute atomic E-state index is 0.0241. The maximum Gasteiger partial charge on any atom is 0.422 e. The molecule has 1 N–H and O–H groups in total. The van der Waals surface area contributed by atoms with Crippen molar-refractivity contribution in [1.82, 2.24) is 9.97 Å². The maximum atomic E-state index is 13.0. The first-order valence-electron chi connectivity index (χ1n) is 10.3. The van der Waals surface area contributed by atoms with Crippen LogP contribution >= 0.6 is 0 Å². The highest BCUT2D eigenvalue weighted by Gasteiger charge is 2.31. The summed E-state index contributed by atoms with van der Waals surface area (Å²) < 4.78 is 49.1. The fourth-order valence-corrected chi connectivity index (χ4v) is 3.37. The van der Waals surface area contributed by atoms with Crippen LogP contribution in [-0.4, -0.2) is 35.8 Å². The number of nitriles is 1. The molecule has 4 rings (SSSR count). The van der Waals surface area contributed by atoms with Gasteiger partial charge in [-0.3, -0.25) is 0 Å². The second kappa shape index (κ2) is 9.39. The van der Waals surface area contributed by atoms with Gasteiger partial charge in [-0.05, 0) is 36.6 Å². The highest BCUT2D eigenvalue weighted by atomic mass is 19.4. The average Bonchev–Trinajstić information content (AvgIpc) is 3.68. The minimum Gasteiger partial charge on any atom is -0.481 e. The molecule has 0 spiro atoms. The molecule has 0 amide bonds. The van der Waals surface area contributed by atoms with Crippen LogP contribution < -0.4 is 10.1 Å². The van der Waals surface area contributed by atoms with E-state index in [1.54, 1.807) is 36.4 Å². The summed E-state index contributed by atoms with van der Waals surface area (Å²) in [5.74, 6) is -0.589. The van der Waals surface area contributed by atoms with E-state index in [1.807, 2.05) is 6.07 Å². The lowest BCUT2D eigenvalue weighted by Gasteiger charge is -2.19. The summed E-state index contributed by atoms with van der Waals surface area (Å²) in [4.78, 5) is 21.0. The van der Waals surface area contributed by atoms with Gasteiger partial charge in [-0.1, -0.05) is 24.3 Å². The zero-order valence-electron chi connectivity index (χ0n) is 18.0. The predicted octanol–water partition coefficient (Wildman–Crippen LogP) is 5.36. The molecule has 0 saturated heterocycles. The van der Waals surface area contributed by atoms with Crippen molar-refractivity contribution in [2.45, 2.75) is 24.9 Å². The molecule has 34 heavy (non-hydrogen) atoms. The van der Waals surface area contributed by atoms with Gasteiger partial charge in [0.25, 0.3) is 0 Å². The molecule has 3 aromatic rings. The smallest absolute Gasteiger partial charge is 0.422 e. The van der Waals surface area contributed by atoms with Gasteiger partial charge in [0, 0.05) is 11.5 Å². The Morgan fingerprint density at radius 3 is 2.68 bits per heavy atom. The first kappa shape index (κ1) is 23.0. The van der Waals surface area contributed by atoms with Gasteiger partial charge in [0.15, 0.2) is 23.9 Å². The molecule has 0 atom stereocenters. The van der Waals surface area contributed by atoms with E-state index >= 15 is 0 Å². The third kappa shape index (κ3) is 5.26. The Balaban J connectivity index is 1.78. The van der Waals surface area contributed by atoms with E-state index in [1.165, 1.54) is 19.4 Å². The second-order valence-electron chi connectivity index (χ2n) is 7.66. The normalized spacial score (nSPS) is 13.1. The van der Waals surface area contributed by atoms with E-state index in [-0.39, 0.29) is 28.9 Å². The zero-order chi connectivity index (χ0) is 24.3. The number of nitrogens with zero attached hydrogens (tertiary/aromatic N) is 3. The van der Waals surface area contributed by atoms with Crippen LogP contribution in [0, 0.1) is 11.3 Å². The monoisotopic (exact) mass is 468 g/mol. The summed E-state index contributed by atoms with van der Waals surface area (Å²) in [7, 11) is 1.21. The fourth-order valence-electron chi connectivity index (χ4n) is 3.37. The number of hydrogen-bond donors (Lipinski definition) is 1. The first-order valence-corrected chi connectivity index (χ1v) is 10.3. The van der Waals surface area contributed by atoms with Crippen LogP contribution in [0.15, 0.2) is 48.7 Å². The lowest BCUT2D eigenvalue weighted by Crippen LogP contribution is -2.20. The van der Waals surface area contributed by atoms with Gasteiger partial charge in [0.1, 0.15) is 0 Å². The van der Waals surface area contributed by atoms with Crippen molar-refractivity contribution in [2.24, 2.45) is 0 Å². The highest BCUT2D eigenvalue weighted by molar-refractivity contribution is 5.94. The molecule has 10 heteroatoms. The number of alkyl halides is 3. The van der Waals surface area contributed by atoms with Gasteiger partial charge < -0.3 is 14.8 Å². The summed E-state index contributed by atoms with van der Waals surface area (Å²) in [6, 6.07) is 13.1. The lowest BCUT2D eigenvalue weighted by molar-refractivity contribution is -0.153. The van der Waals surface area contributed by atoms with E-state index in [0.717, 1.165) is 12.8 Å². The van der Waals surface area contributed by atoms with Gasteiger partial charge in [0.05, 0.1) is 36.3 Å². The predicted molar refractivity (Wildman–Crippen MR) is 117 cm³/mol. The number of hydrogen-bond acceptors (Lipinski definition) is 7. The molecule has 7 nitrogen and oxygen atoms in total. The highest BCUT2D eigenvalue weighted by Crippen LogP contribution is 2.41. The van der Waals surface area contributed by atoms with Gasteiger partial charge in [0.2, 0.25) is 0 Å². The average molecular weight is 468 g/mol. The van der Waals surface area contributed by atoms with Gasteiger partial charge in [-0.15, -0.1) is 0 Å². The summed E-state index contributed by atoms with van der Waals surface area (Å²) in [6.45, 7) is -1.53. The van der Waals surface area contributed by atoms with Crippen molar-refractivity contribution in [2.75, 3.05) is 19.0 Å². The largest absolute Gasteiger partial charge is 0.481 e. The SMILES string of the molecule is COC(=O)c1nc(C2CC2)cnc1Nc1cccc(-c2cccc(C#N)c2)c1OCC(F)(F)F. The van der Waals surface area contributed by atoms with Crippen LogP contribution in [-0.2, 0) is 4.74 Å². The molecule has 1 fully saturated rings. The van der Waals surface area contributed by atoms with Crippen LogP contribution in [0.5, 0.6) is 5.75 Å². The Hall–Kier alpha value is -4.13. The molecule has 1 saturated carbocycles. The third-order valence-corrected chi connectivity index (χ3v) is 5.12. The van der Waals surface area contributed by atoms with E-state index in [9.17, 15) is 23.2 Å². The first-order chi connectivity index (χ1) is 16.3. The number of esters is 1. The van der Waals surface area contributed by atoms with Crippen molar-refractivity contribution in [3.05, 3.63) is 65.6 Å². The van der Waals surface area contributed by atoms with Crippen molar-refractivity contribution >= 4 is 17.5 Å². The standard InChI is InChI=1S/C24H19F3N4O3/c1-33-23(32)20-22(29-12-19(30-20)15-8-9-15)31-18-7-3-6-17(21(18)34-13-24(25,26)27)16-5-2-4-14(10-16)11-28/h2-7,10,12,15H,8-9,13H2,1H3,(H,29,31). The van der Waals surface area contributed by atoms with Gasteiger partial charge in [-0.25, -0.2) is 14.8 Å².